The molecule has 0 radical (unpaired) electrons. The fraction of sp³-hybridized carbons (Fsp3) is 0.562. The first-order valence-electron chi connectivity index (χ1n) is 7.50. The maximum Gasteiger partial charge on any atom is 0.326 e. The summed E-state index contributed by atoms with van der Waals surface area (Å²) in [7, 11) is 0. The molecule has 1 saturated heterocycles. The van der Waals surface area contributed by atoms with Crippen LogP contribution in [0.25, 0.3) is 0 Å². The molecule has 1 aliphatic carbocycles. The number of nitrogens with zero attached hydrogens (tertiary/aromatic N) is 2. The first-order valence-corrected chi connectivity index (χ1v) is 7.50. The van der Waals surface area contributed by atoms with Crippen LogP contribution >= 0.6 is 0 Å². The minimum absolute atomic E-state index is 0.0950. The fourth-order valence-electron chi connectivity index (χ4n) is 3.76. The van der Waals surface area contributed by atoms with Gasteiger partial charge in [0.2, 0.25) is 5.91 Å². The Labute approximate surface area is 124 Å². The summed E-state index contributed by atoms with van der Waals surface area (Å²) in [4.78, 5) is 29.8. The number of hydrogen-bond acceptors (Lipinski definition) is 3. The molecular formula is C16H20N2O3. The summed E-state index contributed by atoms with van der Waals surface area (Å²) in [5.41, 5.74) is 1.75. The van der Waals surface area contributed by atoms with Gasteiger partial charge in [0, 0.05) is 18.4 Å². The van der Waals surface area contributed by atoms with Gasteiger partial charge >= 0.3 is 5.97 Å². The van der Waals surface area contributed by atoms with Crippen molar-refractivity contribution in [3.8, 4) is 0 Å². The SMILES string of the molecule is Cc1ccc(CC(=O)N2CC3CCCC3C2C(=O)O)cn1. The molecule has 0 spiro atoms. The van der Waals surface area contributed by atoms with Gasteiger partial charge in [-0.3, -0.25) is 9.78 Å². The maximum atomic E-state index is 12.5. The highest BCUT2D eigenvalue weighted by molar-refractivity contribution is 5.86. The quantitative estimate of drug-likeness (QED) is 0.918. The molecule has 0 bridgehead atoms. The van der Waals surface area contributed by atoms with Crippen molar-refractivity contribution in [1.82, 2.24) is 9.88 Å². The van der Waals surface area contributed by atoms with Crippen molar-refractivity contribution in [1.29, 1.82) is 0 Å². The maximum absolute atomic E-state index is 12.5. The minimum Gasteiger partial charge on any atom is -0.480 e. The standard InChI is InChI=1S/C16H20N2O3/c1-10-5-6-11(8-17-10)7-14(19)18-9-12-3-2-4-13(12)15(18)16(20)21/h5-6,8,12-13,15H,2-4,7,9H2,1H3,(H,20,21). The van der Waals surface area contributed by atoms with Gasteiger partial charge in [-0.15, -0.1) is 0 Å². The molecule has 0 aromatic carbocycles. The number of aryl methyl sites for hydroxylation is 1. The summed E-state index contributed by atoms with van der Waals surface area (Å²) in [6, 6.07) is 3.12. The van der Waals surface area contributed by atoms with E-state index in [0.29, 0.717) is 12.5 Å². The molecule has 5 heteroatoms. The molecule has 2 fully saturated rings. The van der Waals surface area contributed by atoms with Gasteiger partial charge in [-0.05, 0) is 43.2 Å². The van der Waals surface area contributed by atoms with Gasteiger partial charge in [0.25, 0.3) is 0 Å². The summed E-state index contributed by atoms with van der Waals surface area (Å²) in [6.07, 6.45) is 4.99. The van der Waals surface area contributed by atoms with Gasteiger partial charge in [-0.1, -0.05) is 12.5 Å². The van der Waals surface area contributed by atoms with E-state index in [2.05, 4.69) is 4.98 Å². The van der Waals surface area contributed by atoms with Crippen molar-refractivity contribution in [3.63, 3.8) is 0 Å². The summed E-state index contributed by atoms with van der Waals surface area (Å²) < 4.78 is 0. The van der Waals surface area contributed by atoms with Crippen LogP contribution in [-0.2, 0) is 16.0 Å². The van der Waals surface area contributed by atoms with E-state index in [1.807, 2.05) is 19.1 Å². The Bertz CT molecular complexity index is 555. The summed E-state index contributed by atoms with van der Waals surface area (Å²) >= 11 is 0. The van der Waals surface area contributed by atoms with Gasteiger partial charge in [0.1, 0.15) is 6.04 Å². The highest BCUT2D eigenvalue weighted by atomic mass is 16.4. The molecule has 1 amide bonds. The number of amides is 1. The van der Waals surface area contributed by atoms with Crippen LogP contribution in [0.2, 0.25) is 0 Å². The van der Waals surface area contributed by atoms with Crippen LogP contribution in [0.1, 0.15) is 30.5 Å². The second-order valence-electron chi connectivity index (χ2n) is 6.17. The highest BCUT2D eigenvalue weighted by Crippen LogP contribution is 2.42. The minimum atomic E-state index is -0.861. The smallest absolute Gasteiger partial charge is 0.326 e. The molecule has 112 valence electrons. The Morgan fingerprint density at radius 3 is 2.86 bits per heavy atom. The van der Waals surface area contributed by atoms with E-state index in [-0.39, 0.29) is 18.2 Å². The number of hydrogen-bond donors (Lipinski definition) is 1. The zero-order valence-corrected chi connectivity index (χ0v) is 12.2. The first kappa shape index (κ1) is 14.0. The average Bonchev–Trinajstić information content (AvgIpc) is 3.00. The number of rotatable bonds is 3. The lowest BCUT2D eigenvalue weighted by molar-refractivity contribution is -0.149. The summed E-state index contributed by atoms with van der Waals surface area (Å²) in [5.74, 6) is -0.448. The Hall–Kier alpha value is -1.91. The molecule has 3 unspecified atom stereocenters. The van der Waals surface area contributed by atoms with Gasteiger partial charge < -0.3 is 10.0 Å². The van der Waals surface area contributed by atoms with E-state index >= 15 is 0 Å². The molecule has 3 atom stereocenters. The Morgan fingerprint density at radius 1 is 1.38 bits per heavy atom. The highest BCUT2D eigenvalue weighted by Gasteiger charge is 2.49. The molecule has 3 rings (SSSR count). The number of carbonyl (C=O) groups excluding carboxylic acids is 1. The lowest BCUT2D eigenvalue weighted by Crippen LogP contribution is -2.43. The van der Waals surface area contributed by atoms with Gasteiger partial charge in [-0.25, -0.2) is 4.79 Å². The first-order chi connectivity index (χ1) is 10.1. The third-order valence-electron chi connectivity index (χ3n) is 4.79. The number of carboxylic acids is 1. The number of aromatic nitrogens is 1. The number of fused-ring (bicyclic) bond motifs is 1. The van der Waals surface area contributed by atoms with Crippen LogP contribution in [-0.4, -0.2) is 39.5 Å². The summed E-state index contributed by atoms with van der Waals surface area (Å²) in [6.45, 7) is 2.49. The Kier molecular flexibility index (Phi) is 3.66. The van der Waals surface area contributed by atoms with Crippen LogP contribution in [0.15, 0.2) is 18.3 Å². The van der Waals surface area contributed by atoms with Crippen molar-refractivity contribution < 1.29 is 14.7 Å². The lowest BCUT2D eigenvalue weighted by Gasteiger charge is -2.24. The normalized spacial score (nSPS) is 27.7. The van der Waals surface area contributed by atoms with E-state index in [9.17, 15) is 14.7 Å². The van der Waals surface area contributed by atoms with Crippen molar-refractivity contribution in [2.24, 2.45) is 11.8 Å². The van der Waals surface area contributed by atoms with E-state index in [0.717, 1.165) is 30.5 Å². The van der Waals surface area contributed by atoms with E-state index in [4.69, 9.17) is 0 Å². The van der Waals surface area contributed by atoms with E-state index in [1.165, 1.54) is 0 Å². The number of pyridine rings is 1. The topological polar surface area (TPSA) is 70.5 Å². The van der Waals surface area contributed by atoms with Gasteiger partial charge in [-0.2, -0.15) is 0 Å². The zero-order valence-electron chi connectivity index (χ0n) is 12.2. The van der Waals surface area contributed by atoms with Crippen molar-refractivity contribution in [3.05, 3.63) is 29.6 Å². The third kappa shape index (κ3) is 2.64. The molecule has 1 aromatic rings. The van der Waals surface area contributed by atoms with Gasteiger partial charge in [0.15, 0.2) is 0 Å². The Balaban J connectivity index is 1.74. The molecule has 1 saturated carbocycles. The second-order valence-corrected chi connectivity index (χ2v) is 6.17. The monoisotopic (exact) mass is 288 g/mol. The van der Waals surface area contributed by atoms with Crippen LogP contribution < -0.4 is 0 Å². The molecule has 21 heavy (non-hydrogen) atoms. The van der Waals surface area contributed by atoms with Crippen LogP contribution in [0.4, 0.5) is 0 Å². The van der Waals surface area contributed by atoms with Crippen molar-refractivity contribution in [2.45, 2.75) is 38.6 Å². The molecule has 1 aromatic heterocycles. The zero-order chi connectivity index (χ0) is 15.0. The largest absolute Gasteiger partial charge is 0.480 e. The molecule has 5 nitrogen and oxygen atoms in total. The second kappa shape index (κ2) is 5.47. The molecular weight excluding hydrogens is 268 g/mol. The van der Waals surface area contributed by atoms with E-state index in [1.54, 1.807) is 11.1 Å². The molecule has 1 N–H and O–H groups in total. The summed E-state index contributed by atoms with van der Waals surface area (Å²) in [5, 5.41) is 9.48. The lowest BCUT2D eigenvalue weighted by atomic mass is 9.94. The van der Waals surface area contributed by atoms with Crippen LogP contribution in [0.5, 0.6) is 0 Å². The number of carboxylic acid groups (broad SMARTS) is 1. The molecule has 2 heterocycles. The average molecular weight is 288 g/mol. The van der Waals surface area contributed by atoms with Crippen molar-refractivity contribution in [2.75, 3.05) is 6.54 Å². The Morgan fingerprint density at radius 2 is 2.19 bits per heavy atom. The fourth-order valence-corrected chi connectivity index (χ4v) is 3.76. The molecule has 2 aliphatic rings. The predicted molar refractivity (Wildman–Crippen MR) is 76.6 cm³/mol. The number of aliphatic carboxylic acids is 1. The van der Waals surface area contributed by atoms with Crippen LogP contribution in [0, 0.1) is 18.8 Å². The number of likely N-dealkylation sites (tertiary alicyclic amines) is 1. The third-order valence-corrected chi connectivity index (χ3v) is 4.79. The molecule has 1 aliphatic heterocycles. The van der Waals surface area contributed by atoms with Gasteiger partial charge in [0.05, 0.1) is 6.42 Å². The van der Waals surface area contributed by atoms with E-state index < -0.39 is 12.0 Å². The predicted octanol–water partition coefficient (Wildman–Crippen LogP) is 1.64. The van der Waals surface area contributed by atoms with Crippen molar-refractivity contribution >= 4 is 11.9 Å². The van der Waals surface area contributed by atoms with Crippen LogP contribution in [0.3, 0.4) is 0 Å². The number of carbonyl (C=O) groups is 2.